The van der Waals surface area contributed by atoms with E-state index in [0.717, 1.165) is 16.3 Å². The molecule has 0 aliphatic rings. The molecular weight excluding hydrogens is 322 g/mol. The first-order valence-corrected chi connectivity index (χ1v) is 8.72. The van der Waals surface area contributed by atoms with Gasteiger partial charge in [0, 0.05) is 24.0 Å². The van der Waals surface area contributed by atoms with Crippen LogP contribution >= 0.6 is 22.7 Å². The number of carboxylic acids is 1. The molecule has 20 heavy (non-hydrogen) atoms. The zero-order valence-corrected chi connectivity index (χ0v) is 12.8. The molecule has 2 heterocycles. The van der Waals surface area contributed by atoms with Crippen LogP contribution in [0.3, 0.4) is 0 Å². The molecule has 0 bridgehead atoms. The molecule has 0 spiro atoms. The van der Waals surface area contributed by atoms with Crippen LogP contribution in [0.25, 0.3) is 0 Å². The fourth-order valence-electron chi connectivity index (χ4n) is 1.43. The number of sulfonamides is 1. The van der Waals surface area contributed by atoms with Crippen LogP contribution in [0.2, 0.25) is 0 Å². The fraction of sp³-hybridized carbons (Fsp3) is 0.300. The number of thiazole rings is 2. The van der Waals surface area contributed by atoms with E-state index in [4.69, 9.17) is 5.11 Å². The van der Waals surface area contributed by atoms with Gasteiger partial charge in [-0.3, -0.25) is 0 Å². The molecule has 0 saturated carbocycles. The van der Waals surface area contributed by atoms with E-state index >= 15 is 0 Å². The van der Waals surface area contributed by atoms with Gasteiger partial charge in [0.2, 0.25) is 0 Å². The van der Waals surface area contributed by atoms with Gasteiger partial charge in [-0.25, -0.2) is 27.9 Å². The number of rotatable bonds is 6. The second kappa shape index (κ2) is 5.95. The summed E-state index contributed by atoms with van der Waals surface area (Å²) in [5.41, 5.74) is 0.742. The smallest absolute Gasteiger partial charge is 0.356 e. The van der Waals surface area contributed by atoms with Crippen molar-refractivity contribution in [1.29, 1.82) is 0 Å². The van der Waals surface area contributed by atoms with Gasteiger partial charge in [0.05, 0.1) is 10.5 Å². The van der Waals surface area contributed by atoms with Crippen molar-refractivity contribution in [1.82, 2.24) is 14.7 Å². The molecule has 0 radical (unpaired) electrons. The van der Waals surface area contributed by atoms with E-state index in [1.165, 1.54) is 16.8 Å². The first kappa shape index (κ1) is 15.0. The van der Waals surface area contributed by atoms with Gasteiger partial charge in [0.15, 0.2) is 9.90 Å². The van der Waals surface area contributed by atoms with Crippen molar-refractivity contribution in [3.8, 4) is 0 Å². The van der Waals surface area contributed by atoms with Crippen molar-refractivity contribution in [2.75, 3.05) is 6.54 Å². The van der Waals surface area contributed by atoms with Crippen molar-refractivity contribution in [3.05, 3.63) is 27.8 Å². The summed E-state index contributed by atoms with van der Waals surface area (Å²) < 4.78 is 26.3. The molecule has 2 N–H and O–H groups in total. The summed E-state index contributed by atoms with van der Waals surface area (Å²) in [5.74, 6) is -1.45. The van der Waals surface area contributed by atoms with E-state index in [-0.39, 0.29) is 16.7 Å². The van der Waals surface area contributed by atoms with Gasteiger partial charge >= 0.3 is 5.97 Å². The first-order chi connectivity index (χ1) is 9.42. The summed E-state index contributed by atoms with van der Waals surface area (Å²) >= 11 is 2.22. The van der Waals surface area contributed by atoms with Crippen LogP contribution in [0.4, 0.5) is 0 Å². The number of hydrogen-bond donors (Lipinski definition) is 2. The van der Waals surface area contributed by atoms with Crippen molar-refractivity contribution >= 4 is 38.7 Å². The average Bonchev–Trinajstić information content (AvgIpc) is 3.06. The Morgan fingerprint density at radius 2 is 2.20 bits per heavy atom. The first-order valence-electron chi connectivity index (χ1n) is 5.47. The molecule has 0 amide bonds. The second-order valence-corrected chi connectivity index (χ2v) is 7.66. The van der Waals surface area contributed by atoms with Gasteiger partial charge in [-0.1, -0.05) is 6.92 Å². The minimum Gasteiger partial charge on any atom is -0.476 e. The molecule has 1 atom stereocenters. The Balaban J connectivity index is 2.12. The topological polar surface area (TPSA) is 109 Å². The van der Waals surface area contributed by atoms with Gasteiger partial charge in [-0.15, -0.1) is 22.7 Å². The zero-order valence-electron chi connectivity index (χ0n) is 10.3. The number of carboxylic acid groups (broad SMARTS) is 1. The summed E-state index contributed by atoms with van der Waals surface area (Å²) in [6.45, 7) is 1.99. The van der Waals surface area contributed by atoms with Crippen LogP contribution in [0, 0.1) is 0 Å². The summed E-state index contributed by atoms with van der Waals surface area (Å²) in [6.07, 6.45) is 1.65. The third-order valence-electron chi connectivity index (χ3n) is 2.43. The van der Waals surface area contributed by atoms with Crippen LogP contribution in [0.15, 0.2) is 21.3 Å². The van der Waals surface area contributed by atoms with E-state index in [0.29, 0.717) is 0 Å². The second-order valence-electron chi connectivity index (χ2n) is 3.92. The molecule has 2 aromatic rings. The Hall–Kier alpha value is -1.36. The normalized spacial score (nSPS) is 13.2. The molecule has 0 aliphatic carbocycles. The van der Waals surface area contributed by atoms with Crippen LogP contribution in [0.5, 0.6) is 0 Å². The van der Waals surface area contributed by atoms with Gasteiger partial charge in [0.25, 0.3) is 10.0 Å². The Bertz CT molecular complexity index is 693. The minimum atomic E-state index is -3.88. The van der Waals surface area contributed by atoms with Crippen molar-refractivity contribution in [2.45, 2.75) is 17.1 Å². The zero-order chi connectivity index (χ0) is 14.8. The Morgan fingerprint density at radius 1 is 1.45 bits per heavy atom. The van der Waals surface area contributed by atoms with E-state index in [1.54, 1.807) is 6.20 Å². The Morgan fingerprint density at radius 3 is 2.80 bits per heavy atom. The number of hydrogen-bond acceptors (Lipinski definition) is 7. The molecule has 2 rings (SSSR count). The highest BCUT2D eigenvalue weighted by atomic mass is 32.2. The quantitative estimate of drug-likeness (QED) is 0.826. The van der Waals surface area contributed by atoms with E-state index in [2.05, 4.69) is 14.7 Å². The number of aromatic nitrogens is 2. The number of aromatic carboxylic acids is 1. The monoisotopic (exact) mass is 333 g/mol. The van der Waals surface area contributed by atoms with E-state index < -0.39 is 21.7 Å². The lowest BCUT2D eigenvalue weighted by molar-refractivity contribution is 0.0687. The summed E-state index contributed by atoms with van der Waals surface area (Å²) in [5, 5.41) is 11.5. The van der Waals surface area contributed by atoms with Crippen molar-refractivity contribution < 1.29 is 18.3 Å². The van der Waals surface area contributed by atoms with E-state index in [9.17, 15) is 13.2 Å². The van der Waals surface area contributed by atoms with Crippen LogP contribution < -0.4 is 4.72 Å². The van der Waals surface area contributed by atoms with Crippen LogP contribution in [-0.2, 0) is 10.0 Å². The van der Waals surface area contributed by atoms with Gasteiger partial charge in [-0.05, 0) is 0 Å². The van der Waals surface area contributed by atoms with Crippen LogP contribution in [-0.4, -0.2) is 36.0 Å². The number of nitrogens with one attached hydrogen (secondary N) is 1. The molecule has 0 fully saturated rings. The predicted octanol–water partition coefficient (Wildman–Crippen LogP) is 1.38. The molecule has 0 saturated heterocycles. The highest BCUT2D eigenvalue weighted by Crippen LogP contribution is 2.21. The number of nitrogens with zero attached hydrogens (tertiary/aromatic N) is 2. The fourth-order valence-corrected chi connectivity index (χ4v) is 4.45. The molecule has 1 unspecified atom stereocenters. The highest BCUT2D eigenvalue weighted by molar-refractivity contribution is 7.91. The molecular formula is C10H11N3O4S3. The standard InChI is InChI=1S/C10H11N3O4S3/c1-6(8-11-2-3-18-8)4-13-20(16,17)10-7(9(14)15)12-5-19-10/h2-3,5-6,13H,4H2,1H3,(H,14,15). The van der Waals surface area contributed by atoms with E-state index in [1.807, 2.05) is 12.3 Å². The minimum absolute atomic E-state index is 0.0917. The van der Waals surface area contributed by atoms with Crippen molar-refractivity contribution in [2.24, 2.45) is 0 Å². The summed E-state index contributed by atoms with van der Waals surface area (Å²) in [7, 11) is -3.88. The number of carbonyl (C=O) groups is 1. The molecule has 10 heteroatoms. The molecule has 7 nitrogen and oxygen atoms in total. The lowest BCUT2D eigenvalue weighted by Gasteiger charge is -2.09. The SMILES string of the molecule is CC(CNS(=O)(=O)c1scnc1C(=O)O)c1nccs1. The maximum atomic E-state index is 12.1. The summed E-state index contributed by atoms with van der Waals surface area (Å²) in [4.78, 5) is 18.6. The average molecular weight is 333 g/mol. The van der Waals surface area contributed by atoms with Crippen molar-refractivity contribution in [3.63, 3.8) is 0 Å². The Labute approximate surface area is 123 Å². The lowest BCUT2D eigenvalue weighted by atomic mass is 10.2. The third kappa shape index (κ3) is 3.20. The highest BCUT2D eigenvalue weighted by Gasteiger charge is 2.26. The summed E-state index contributed by atoms with van der Waals surface area (Å²) in [6, 6.07) is 0. The maximum absolute atomic E-state index is 12.1. The van der Waals surface area contributed by atoms with Crippen LogP contribution in [0.1, 0.15) is 28.3 Å². The molecule has 108 valence electrons. The van der Waals surface area contributed by atoms with Gasteiger partial charge < -0.3 is 5.11 Å². The predicted molar refractivity (Wildman–Crippen MR) is 74.8 cm³/mol. The van der Waals surface area contributed by atoms with Gasteiger partial charge in [-0.2, -0.15) is 0 Å². The Kier molecular flexibility index (Phi) is 4.48. The molecule has 0 aliphatic heterocycles. The largest absolute Gasteiger partial charge is 0.476 e. The molecule has 2 aromatic heterocycles. The molecule has 0 aromatic carbocycles. The maximum Gasteiger partial charge on any atom is 0.356 e. The lowest BCUT2D eigenvalue weighted by Crippen LogP contribution is -2.28. The van der Waals surface area contributed by atoms with Gasteiger partial charge in [0.1, 0.15) is 0 Å². The third-order valence-corrected chi connectivity index (χ3v) is 6.23.